The van der Waals surface area contributed by atoms with Crippen LogP contribution in [0.5, 0.6) is 0 Å². The first kappa shape index (κ1) is 29.5. The first-order valence-electron chi connectivity index (χ1n) is 11.2. The van der Waals surface area contributed by atoms with E-state index in [1.165, 1.54) is 6.92 Å². The van der Waals surface area contributed by atoms with Crippen molar-refractivity contribution in [1.82, 2.24) is 16.0 Å². The van der Waals surface area contributed by atoms with Crippen LogP contribution < -0.4 is 21.7 Å². The van der Waals surface area contributed by atoms with Gasteiger partial charge in [-0.25, -0.2) is 4.79 Å². The van der Waals surface area contributed by atoms with Crippen molar-refractivity contribution in [3.05, 3.63) is 35.9 Å². The van der Waals surface area contributed by atoms with Gasteiger partial charge in [-0.05, 0) is 24.8 Å². The zero-order valence-corrected chi connectivity index (χ0v) is 19.9. The number of carbonyl (C=O) groups is 5. The first-order chi connectivity index (χ1) is 16.3. The van der Waals surface area contributed by atoms with Crippen molar-refractivity contribution in [2.45, 2.75) is 70.3 Å². The van der Waals surface area contributed by atoms with Crippen LogP contribution in [0.3, 0.4) is 0 Å². The van der Waals surface area contributed by atoms with E-state index in [-0.39, 0.29) is 12.8 Å². The van der Waals surface area contributed by atoms with Gasteiger partial charge in [-0.2, -0.15) is 0 Å². The number of carboxylic acid groups (broad SMARTS) is 2. The first-order valence-corrected chi connectivity index (χ1v) is 11.2. The summed E-state index contributed by atoms with van der Waals surface area (Å²) in [6.07, 6.45) is -1.95. The van der Waals surface area contributed by atoms with Crippen molar-refractivity contribution in [1.29, 1.82) is 0 Å². The zero-order valence-electron chi connectivity index (χ0n) is 19.9. The molecule has 0 saturated carbocycles. The lowest BCUT2D eigenvalue weighted by Crippen LogP contribution is -2.59. The van der Waals surface area contributed by atoms with E-state index in [1.807, 2.05) is 0 Å². The third-order valence-electron chi connectivity index (χ3n) is 5.25. The molecule has 0 spiro atoms. The van der Waals surface area contributed by atoms with Crippen LogP contribution in [0.2, 0.25) is 0 Å². The van der Waals surface area contributed by atoms with Gasteiger partial charge in [-0.15, -0.1) is 0 Å². The predicted molar refractivity (Wildman–Crippen MR) is 125 cm³/mol. The molecule has 0 aliphatic carbocycles. The maximum atomic E-state index is 13.1. The SMILES string of the molecule is CC(C)C(NC(=O)C(CCC(=O)O)NC(=O)C(Cc1ccccc1)NC(=O)C(N)C(C)O)C(=O)O. The number of benzene rings is 1. The molecule has 0 heterocycles. The highest BCUT2D eigenvalue weighted by Gasteiger charge is 2.32. The second kappa shape index (κ2) is 14.0. The standard InChI is InChI=1S/C23H34N4O8/c1-12(2)19(23(34)35)27-20(31)15(9-10-17(29)30)25-21(32)16(11-14-7-5-4-6-8-14)26-22(33)18(24)13(3)28/h4-8,12-13,15-16,18-19,28H,9-11,24H2,1-3H3,(H,25,32)(H,26,33)(H,27,31)(H,29,30)(H,34,35). The zero-order chi connectivity index (χ0) is 26.7. The Morgan fingerprint density at radius 2 is 1.40 bits per heavy atom. The molecule has 0 bridgehead atoms. The van der Waals surface area contributed by atoms with E-state index < -0.39 is 72.3 Å². The van der Waals surface area contributed by atoms with Crippen LogP contribution in [0, 0.1) is 5.92 Å². The molecule has 0 radical (unpaired) electrons. The molecular formula is C23H34N4O8. The molecule has 8 N–H and O–H groups in total. The van der Waals surface area contributed by atoms with Gasteiger partial charge in [-0.1, -0.05) is 44.2 Å². The lowest BCUT2D eigenvalue weighted by atomic mass is 10.0. The number of carboxylic acids is 2. The van der Waals surface area contributed by atoms with Crippen molar-refractivity contribution in [3.63, 3.8) is 0 Å². The average Bonchev–Trinajstić information content (AvgIpc) is 2.78. The second-order valence-corrected chi connectivity index (χ2v) is 8.58. The number of hydrogen-bond acceptors (Lipinski definition) is 7. The van der Waals surface area contributed by atoms with E-state index >= 15 is 0 Å². The minimum atomic E-state index is -1.38. The summed E-state index contributed by atoms with van der Waals surface area (Å²) in [4.78, 5) is 60.9. The largest absolute Gasteiger partial charge is 0.481 e. The molecule has 1 rings (SSSR count). The highest BCUT2D eigenvalue weighted by molar-refractivity contribution is 5.94. The summed E-state index contributed by atoms with van der Waals surface area (Å²) >= 11 is 0. The van der Waals surface area contributed by atoms with Gasteiger partial charge in [0.2, 0.25) is 17.7 Å². The summed E-state index contributed by atoms with van der Waals surface area (Å²) in [5, 5.41) is 35.2. The van der Waals surface area contributed by atoms with Gasteiger partial charge >= 0.3 is 11.9 Å². The highest BCUT2D eigenvalue weighted by atomic mass is 16.4. The Hall–Kier alpha value is -3.51. The van der Waals surface area contributed by atoms with E-state index in [9.17, 15) is 34.2 Å². The molecule has 0 aliphatic heterocycles. The number of amides is 3. The van der Waals surface area contributed by atoms with Crippen LogP contribution in [0.25, 0.3) is 0 Å². The Morgan fingerprint density at radius 3 is 1.89 bits per heavy atom. The summed E-state index contributed by atoms with van der Waals surface area (Å²) in [5.74, 6) is -5.44. The molecular weight excluding hydrogens is 460 g/mol. The van der Waals surface area contributed by atoms with Gasteiger partial charge < -0.3 is 37.0 Å². The lowest BCUT2D eigenvalue weighted by molar-refractivity contribution is -0.144. The van der Waals surface area contributed by atoms with Gasteiger partial charge in [0.25, 0.3) is 0 Å². The van der Waals surface area contributed by atoms with Crippen LogP contribution in [0.4, 0.5) is 0 Å². The Labute approximate surface area is 203 Å². The van der Waals surface area contributed by atoms with Gasteiger partial charge in [-0.3, -0.25) is 19.2 Å². The van der Waals surface area contributed by atoms with Gasteiger partial charge in [0.15, 0.2) is 0 Å². The van der Waals surface area contributed by atoms with E-state index in [0.717, 1.165) is 0 Å². The summed E-state index contributed by atoms with van der Waals surface area (Å²) in [7, 11) is 0. The summed E-state index contributed by atoms with van der Waals surface area (Å²) in [5.41, 5.74) is 6.34. The number of hydrogen-bond donors (Lipinski definition) is 7. The number of aliphatic hydroxyl groups excluding tert-OH is 1. The van der Waals surface area contributed by atoms with Crippen molar-refractivity contribution in [3.8, 4) is 0 Å². The number of rotatable bonds is 14. The van der Waals surface area contributed by atoms with Crippen molar-refractivity contribution >= 4 is 29.7 Å². The molecule has 194 valence electrons. The van der Waals surface area contributed by atoms with Crippen molar-refractivity contribution in [2.75, 3.05) is 0 Å². The fraction of sp³-hybridized carbons (Fsp3) is 0.522. The number of carbonyl (C=O) groups excluding carboxylic acids is 3. The minimum absolute atomic E-state index is 0.0158. The fourth-order valence-electron chi connectivity index (χ4n) is 3.12. The summed E-state index contributed by atoms with van der Waals surface area (Å²) in [6, 6.07) is 3.51. The molecule has 0 fully saturated rings. The highest BCUT2D eigenvalue weighted by Crippen LogP contribution is 2.08. The molecule has 12 heteroatoms. The lowest BCUT2D eigenvalue weighted by Gasteiger charge is -2.26. The molecule has 3 amide bonds. The maximum absolute atomic E-state index is 13.1. The summed E-state index contributed by atoms with van der Waals surface area (Å²) in [6.45, 7) is 4.48. The normalized spacial score (nSPS) is 15.3. The van der Waals surface area contributed by atoms with Crippen LogP contribution in [-0.2, 0) is 30.4 Å². The number of aliphatic hydroxyl groups is 1. The van der Waals surface area contributed by atoms with Gasteiger partial charge in [0, 0.05) is 12.8 Å². The van der Waals surface area contributed by atoms with Crippen LogP contribution >= 0.6 is 0 Å². The van der Waals surface area contributed by atoms with Crippen molar-refractivity contribution < 1.29 is 39.3 Å². The molecule has 1 aromatic rings. The Bertz CT molecular complexity index is 891. The molecule has 0 saturated heterocycles. The van der Waals surface area contributed by atoms with Crippen LogP contribution in [0.1, 0.15) is 39.2 Å². The van der Waals surface area contributed by atoms with Gasteiger partial charge in [0.05, 0.1) is 6.10 Å². The average molecular weight is 495 g/mol. The molecule has 0 aliphatic rings. The molecule has 5 atom stereocenters. The second-order valence-electron chi connectivity index (χ2n) is 8.58. The topological polar surface area (TPSA) is 208 Å². The third-order valence-corrected chi connectivity index (χ3v) is 5.25. The monoisotopic (exact) mass is 494 g/mol. The number of nitrogens with two attached hydrogens (primary N) is 1. The molecule has 12 nitrogen and oxygen atoms in total. The summed E-state index contributed by atoms with van der Waals surface area (Å²) < 4.78 is 0. The van der Waals surface area contributed by atoms with E-state index in [1.54, 1.807) is 44.2 Å². The molecule has 0 aromatic heterocycles. The van der Waals surface area contributed by atoms with Gasteiger partial charge in [0.1, 0.15) is 24.2 Å². The Morgan fingerprint density at radius 1 is 0.857 bits per heavy atom. The van der Waals surface area contributed by atoms with Crippen molar-refractivity contribution in [2.24, 2.45) is 11.7 Å². The van der Waals surface area contributed by atoms with E-state index in [4.69, 9.17) is 10.8 Å². The quantitative estimate of drug-likeness (QED) is 0.169. The van der Waals surface area contributed by atoms with Crippen LogP contribution in [0.15, 0.2) is 30.3 Å². The fourth-order valence-corrected chi connectivity index (χ4v) is 3.12. The minimum Gasteiger partial charge on any atom is -0.481 e. The number of nitrogens with one attached hydrogen (secondary N) is 3. The van der Waals surface area contributed by atoms with Crippen LogP contribution in [-0.4, -0.2) is 75.3 Å². The van der Waals surface area contributed by atoms with E-state index in [2.05, 4.69) is 16.0 Å². The molecule has 35 heavy (non-hydrogen) atoms. The predicted octanol–water partition coefficient (Wildman–Crippen LogP) is -1.00. The molecule has 1 aromatic carbocycles. The smallest absolute Gasteiger partial charge is 0.326 e. The third kappa shape index (κ3) is 10.1. The Balaban J connectivity index is 3.14. The number of aliphatic carboxylic acids is 2. The Kier molecular flexibility index (Phi) is 11.8. The van der Waals surface area contributed by atoms with E-state index in [0.29, 0.717) is 5.56 Å². The molecule has 5 unspecified atom stereocenters. The maximum Gasteiger partial charge on any atom is 0.326 e.